The van der Waals surface area contributed by atoms with Crippen LogP contribution in [0.3, 0.4) is 0 Å². The predicted octanol–water partition coefficient (Wildman–Crippen LogP) is 0.730. The molecule has 0 aromatic heterocycles. The van der Waals surface area contributed by atoms with Crippen molar-refractivity contribution in [2.24, 2.45) is 0 Å². The number of rotatable bonds is 3. The second kappa shape index (κ2) is 4.61. The Morgan fingerprint density at radius 1 is 1.75 bits per heavy atom. The van der Waals surface area contributed by atoms with Crippen LogP contribution in [0.5, 0.6) is 0 Å². The fourth-order valence-electron chi connectivity index (χ4n) is 0.331. The third-order valence-corrected chi connectivity index (χ3v) is 0.800. The van der Waals surface area contributed by atoms with Crippen molar-refractivity contribution in [3.8, 4) is 12.3 Å². The molecule has 1 unspecified atom stereocenters. The predicted molar refractivity (Wildman–Crippen MR) is 30.0 cm³/mol. The Hall–Kier alpha value is -0.550. The van der Waals surface area contributed by atoms with Gasteiger partial charge in [0.25, 0.3) is 0 Å². The van der Waals surface area contributed by atoms with E-state index < -0.39 is 12.8 Å². The van der Waals surface area contributed by atoms with Crippen molar-refractivity contribution in [3.63, 3.8) is 0 Å². The summed E-state index contributed by atoms with van der Waals surface area (Å²) in [5.74, 6) is 2.28. The van der Waals surface area contributed by atoms with Crippen LogP contribution in [0.4, 0.5) is 4.39 Å². The van der Waals surface area contributed by atoms with Crippen LogP contribution in [0, 0.1) is 12.3 Å². The minimum atomic E-state index is -1.13. The van der Waals surface area contributed by atoms with Gasteiger partial charge < -0.3 is 5.11 Å². The van der Waals surface area contributed by atoms with Crippen molar-refractivity contribution in [1.29, 1.82) is 0 Å². The molecule has 1 nitrogen and oxygen atoms in total. The average Bonchev–Trinajstić information content (AvgIpc) is 1.83. The average molecular weight is 116 g/mol. The number of aliphatic hydroxyl groups is 1. The highest BCUT2D eigenvalue weighted by Crippen LogP contribution is 1.98. The Bertz CT molecular complexity index is 85.0. The zero-order valence-corrected chi connectivity index (χ0v) is 4.60. The molecule has 0 bridgehead atoms. The second-order valence-electron chi connectivity index (χ2n) is 1.52. The molecule has 0 saturated heterocycles. The minimum absolute atomic E-state index is 0.271. The molecule has 0 saturated carbocycles. The molecule has 0 aliphatic carbocycles. The van der Waals surface area contributed by atoms with Crippen LogP contribution >= 0.6 is 0 Å². The van der Waals surface area contributed by atoms with Crippen molar-refractivity contribution < 1.29 is 9.50 Å². The van der Waals surface area contributed by atoms with Crippen LogP contribution < -0.4 is 0 Å². The molecule has 0 heterocycles. The summed E-state index contributed by atoms with van der Waals surface area (Å²) in [5.41, 5.74) is 0. The van der Waals surface area contributed by atoms with Gasteiger partial charge in [0, 0.05) is 6.42 Å². The first-order valence-electron chi connectivity index (χ1n) is 2.49. The van der Waals surface area contributed by atoms with Gasteiger partial charge in [-0.3, -0.25) is 0 Å². The Morgan fingerprint density at radius 3 is 2.75 bits per heavy atom. The number of terminal acetylenes is 1. The Labute approximate surface area is 48.5 Å². The van der Waals surface area contributed by atoms with E-state index in [-0.39, 0.29) is 6.42 Å². The molecule has 2 heteroatoms. The molecule has 1 atom stereocenters. The number of alkyl halides is 1. The molecule has 46 valence electrons. The molecule has 0 spiro atoms. The number of hydrogen-bond donors (Lipinski definition) is 1. The van der Waals surface area contributed by atoms with Gasteiger partial charge in [-0.1, -0.05) is 0 Å². The van der Waals surface area contributed by atoms with Crippen molar-refractivity contribution in [1.82, 2.24) is 0 Å². The summed E-state index contributed by atoms with van der Waals surface area (Å²) in [6.07, 6.45) is 4.38. The fourth-order valence-corrected chi connectivity index (χ4v) is 0.331. The van der Waals surface area contributed by atoms with Crippen molar-refractivity contribution in [2.75, 3.05) is 6.61 Å². The monoisotopic (exact) mass is 116 g/mol. The van der Waals surface area contributed by atoms with E-state index in [1.54, 1.807) is 0 Å². The lowest BCUT2D eigenvalue weighted by Crippen LogP contribution is -2.04. The number of halogens is 1. The molecule has 0 aliphatic heterocycles. The molecule has 8 heavy (non-hydrogen) atoms. The van der Waals surface area contributed by atoms with E-state index in [0.29, 0.717) is 6.42 Å². The first-order chi connectivity index (χ1) is 3.81. The molecular weight excluding hydrogens is 107 g/mol. The molecule has 0 amide bonds. The van der Waals surface area contributed by atoms with Gasteiger partial charge in [-0.2, -0.15) is 0 Å². The molecular formula is C6H9FO. The van der Waals surface area contributed by atoms with Gasteiger partial charge in [0.2, 0.25) is 0 Å². The van der Waals surface area contributed by atoms with Crippen molar-refractivity contribution >= 4 is 0 Å². The van der Waals surface area contributed by atoms with Gasteiger partial charge in [0.05, 0.1) is 6.61 Å². The summed E-state index contributed by atoms with van der Waals surface area (Å²) >= 11 is 0. The molecule has 0 radical (unpaired) electrons. The van der Waals surface area contributed by atoms with Gasteiger partial charge in [-0.05, 0) is 6.42 Å². The maximum atomic E-state index is 12.0. The van der Waals surface area contributed by atoms with Gasteiger partial charge >= 0.3 is 0 Å². The zero-order chi connectivity index (χ0) is 6.41. The van der Waals surface area contributed by atoms with Crippen LogP contribution in [0.25, 0.3) is 0 Å². The van der Waals surface area contributed by atoms with Crippen molar-refractivity contribution in [2.45, 2.75) is 19.0 Å². The van der Waals surface area contributed by atoms with Gasteiger partial charge in [-0.15, -0.1) is 12.3 Å². The summed E-state index contributed by atoms with van der Waals surface area (Å²) < 4.78 is 12.0. The standard InChI is InChI=1S/C6H9FO/c1-2-3-4-6(7)5-8/h1,6,8H,3-5H2. The van der Waals surface area contributed by atoms with E-state index in [4.69, 9.17) is 11.5 Å². The van der Waals surface area contributed by atoms with Gasteiger partial charge in [0.15, 0.2) is 0 Å². The zero-order valence-electron chi connectivity index (χ0n) is 4.60. The van der Waals surface area contributed by atoms with Crippen molar-refractivity contribution in [3.05, 3.63) is 0 Å². The van der Waals surface area contributed by atoms with Crippen LogP contribution in [-0.4, -0.2) is 17.9 Å². The third-order valence-electron chi connectivity index (χ3n) is 0.800. The van der Waals surface area contributed by atoms with Crippen LogP contribution in [-0.2, 0) is 0 Å². The van der Waals surface area contributed by atoms with E-state index >= 15 is 0 Å². The van der Waals surface area contributed by atoms with E-state index in [2.05, 4.69) is 5.92 Å². The summed E-state index contributed by atoms with van der Waals surface area (Å²) in [6, 6.07) is 0. The lowest BCUT2D eigenvalue weighted by molar-refractivity contribution is 0.171. The lowest BCUT2D eigenvalue weighted by atomic mass is 10.2. The highest BCUT2D eigenvalue weighted by Gasteiger charge is 2.00. The molecule has 0 aliphatic rings. The molecule has 0 aromatic rings. The summed E-state index contributed by atoms with van der Waals surface area (Å²) in [7, 11) is 0. The lowest BCUT2D eigenvalue weighted by Gasteiger charge is -1.97. The molecule has 0 fully saturated rings. The van der Waals surface area contributed by atoms with E-state index in [1.807, 2.05) is 0 Å². The summed E-state index contributed by atoms with van der Waals surface area (Å²) in [4.78, 5) is 0. The quantitative estimate of drug-likeness (QED) is 0.539. The SMILES string of the molecule is C#CCCC(F)CO. The van der Waals surface area contributed by atoms with Crippen LogP contribution in [0.1, 0.15) is 12.8 Å². The smallest absolute Gasteiger partial charge is 0.124 e. The second-order valence-corrected chi connectivity index (χ2v) is 1.52. The maximum absolute atomic E-state index is 12.0. The maximum Gasteiger partial charge on any atom is 0.124 e. The minimum Gasteiger partial charge on any atom is -0.393 e. The van der Waals surface area contributed by atoms with Crippen LogP contribution in [0.15, 0.2) is 0 Å². The molecule has 1 N–H and O–H groups in total. The first-order valence-corrected chi connectivity index (χ1v) is 2.49. The number of hydrogen-bond acceptors (Lipinski definition) is 1. The Kier molecular flexibility index (Phi) is 4.29. The highest BCUT2D eigenvalue weighted by atomic mass is 19.1. The van der Waals surface area contributed by atoms with E-state index in [1.165, 1.54) is 0 Å². The molecule has 0 aromatic carbocycles. The summed E-state index contributed by atoms with van der Waals surface area (Å²) in [6.45, 7) is -0.415. The Balaban J connectivity index is 3.01. The van der Waals surface area contributed by atoms with Gasteiger partial charge in [0.1, 0.15) is 6.17 Å². The normalized spacial score (nSPS) is 12.6. The van der Waals surface area contributed by atoms with E-state index in [0.717, 1.165) is 0 Å². The largest absolute Gasteiger partial charge is 0.393 e. The van der Waals surface area contributed by atoms with Crippen LogP contribution in [0.2, 0.25) is 0 Å². The topological polar surface area (TPSA) is 20.2 Å². The highest BCUT2D eigenvalue weighted by molar-refractivity contribution is 4.84. The molecule has 0 rings (SSSR count). The Morgan fingerprint density at radius 2 is 2.38 bits per heavy atom. The summed E-state index contributed by atoms with van der Waals surface area (Å²) in [5, 5.41) is 8.12. The van der Waals surface area contributed by atoms with E-state index in [9.17, 15) is 4.39 Å². The number of aliphatic hydroxyl groups excluding tert-OH is 1. The first kappa shape index (κ1) is 7.45. The fraction of sp³-hybridized carbons (Fsp3) is 0.667. The third kappa shape index (κ3) is 3.63. The van der Waals surface area contributed by atoms with Gasteiger partial charge in [-0.25, -0.2) is 4.39 Å².